The fourth-order valence-corrected chi connectivity index (χ4v) is 3.89. The maximum atomic E-state index is 12.2. The fourth-order valence-electron chi connectivity index (χ4n) is 3.89. The second-order valence-electron chi connectivity index (χ2n) is 7.19. The van der Waals surface area contributed by atoms with Crippen LogP contribution in [0.3, 0.4) is 0 Å². The van der Waals surface area contributed by atoms with E-state index in [2.05, 4.69) is 30.6 Å². The Labute approximate surface area is 144 Å². The number of piperidine rings is 2. The average molecular weight is 325 g/mol. The minimum Gasteiger partial charge on any atom is -0.342 e. The van der Waals surface area contributed by atoms with Gasteiger partial charge in [0, 0.05) is 19.0 Å². The van der Waals surface area contributed by atoms with Crippen LogP contribution in [-0.2, 0) is 4.79 Å². The SMILES string of the molecule is CC.CCC(C)C(=O)N1CCC(CC2CCN(CC)CC2)CC1. The van der Waals surface area contributed by atoms with Crippen LogP contribution in [0.15, 0.2) is 0 Å². The molecule has 2 fully saturated rings. The van der Waals surface area contributed by atoms with Gasteiger partial charge in [0.2, 0.25) is 5.91 Å². The molecule has 2 aliphatic heterocycles. The summed E-state index contributed by atoms with van der Waals surface area (Å²) in [7, 11) is 0. The van der Waals surface area contributed by atoms with Crippen molar-refractivity contribution in [2.75, 3.05) is 32.7 Å². The van der Waals surface area contributed by atoms with Crippen molar-refractivity contribution >= 4 is 5.91 Å². The summed E-state index contributed by atoms with van der Waals surface area (Å²) in [5.41, 5.74) is 0. The topological polar surface area (TPSA) is 23.6 Å². The monoisotopic (exact) mass is 324 g/mol. The predicted molar refractivity (Wildman–Crippen MR) is 99.6 cm³/mol. The average Bonchev–Trinajstić information content (AvgIpc) is 2.63. The molecule has 3 heteroatoms. The second kappa shape index (κ2) is 11.1. The molecule has 3 nitrogen and oxygen atoms in total. The van der Waals surface area contributed by atoms with E-state index >= 15 is 0 Å². The normalized spacial score (nSPS) is 22.4. The standard InChI is InChI=1S/C18H34N2O.C2H6/c1-4-15(3)18(21)20-12-8-17(9-13-20)14-16-6-10-19(5-2)11-7-16;1-2/h15-17H,4-14H2,1-3H3;1-2H3. The lowest BCUT2D eigenvalue weighted by Gasteiger charge is -2.37. The van der Waals surface area contributed by atoms with E-state index in [0.29, 0.717) is 5.91 Å². The van der Waals surface area contributed by atoms with E-state index in [1.54, 1.807) is 0 Å². The molecule has 0 aromatic rings. The largest absolute Gasteiger partial charge is 0.342 e. The molecule has 0 radical (unpaired) electrons. The van der Waals surface area contributed by atoms with Crippen molar-refractivity contribution in [2.24, 2.45) is 17.8 Å². The molecule has 23 heavy (non-hydrogen) atoms. The highest BCUT2D eigenvalue weighted by Gasteiger charge is 2.27. The number of carbonyl (C=O) groups excluding carboxylic acids is 1. The van der Waals surface area contributed by atoms with Gasteiger partial charge in [-0.3, -0.25) is 4.79 Å². The molecular formula is C20H40N2O. The molecule has 2 rings (SSSR count). The summed E-state index contributed by atoms with van der Waals surface area (Å²) in [6.45, 7) is 16.3. The van der Waals surface area contributed by atoms with Gasteiger partial charge in [-0.15, -0.1) is 0 Å². The highest BCUT2D eigenvalue weighted by Crippen LogP contribution is 2.30. The van der Waals surface area contributed by atoms with Crippen LogP contribution in [0.2, 0.25) is 0 Å². The Kier molecular flexibility index (Phi) is 9.85. The molecule has 0 N–H and O–H groups in total. The molecule has 2 heterocycles. The van der Waals surface area contributed by atoms with Crippen LogP contribution in [0.5, 0.6) is 0 Å². The lowest BCUT2D eigenvalue weighted by molar-refractivity contribution is -0.136. The molecule has 136 valence electrons. The molecule has 0 spiro atoms. The van der Waals surface area contributed by atoms with Crippen molar-refractivity contribution in [3.05, 3.63) is 0 Å². The van der Waals surface area contributed by atoms with Crippen LogP contribution in [0.25, 0.3) is 0 Å². The van der Waals surface area contributed by atoms with Crippen molar-refractivity contribution < 1.29 is 4.79 Å². The van der Waals surface area contributed by atoms with Crippen LogP contribution in [-0.4, -0.2) is 48.4 Å². The second-order valence-corrected chi connectivity index (χ2v) is 7.19. The van der Waals surface area contributed by atoms with Crippen LogP contribution in [0.1, 0.15) is 73.1 Å². The summed E-state index contributed by atoms with van der Waals surface area (Å²) >= 11 is 0. The van der Waals surface area contributed by atoms with Crippen molar-refractivity contribution in [3.63, 3.8) is 0 Å². The lowest BCUT2D eigenvalue weighted by Crippen LogP contribution is -2.41. The third-order valence-electron chi connectivity index (χ3n) is 5.78. The van der Waals surface area contributed by atoms with Crippen LogP contribution in [0.4, 0.5) is 0 Å². The highest BCUT2D eigenvalue weighted by atomic mass is 16.2. The summed E-state index contributed by atoms with van der Waals surface area (Å²) in [6, 6.07) is 0. The number of hydrogen-bond donors (Lipinski definition) is 0. The van der Waals surface area contributed by atoms with Crippen molar-refractivity contribution in [1.29, 1.82) is 0 Å². The molecule has 0 saturated carbocycles. The summed E-state index contributed by atoms with van der Waals surface area (Å²) in [4.78, 5) is 16.9. The van der Waals surface area contributed by atoms with Crippen molar-refractivity contribution in [1.82, 2.24) is 9.80 Å². The first-order valence-electron chi connectivity index (χ1n) is 10.1. The molecule has 0 aromatic heterocycles. The third kappa shape index (κ3) is 6.45. The first-order chi connectivity index (χ1) is 11.1. The quantitative estimate of drug-likeness (QED) is 0.747. The van der Waals surface area contributed by atoms with Crippen molar-refractivity contribution in [3.8, 4) is 0 Å². The van der Waals surface area contributed by atoms with Crippen LogP contribution >= 0.6 is 0 Å². The minimum atomic E-state index is 0.208. The number of hydrogen-bond acceptors (Lipinski definition) is 2. The first-order valence-corrected chi connectivity index (χ1v) is 10.1. The molecule has 1 amide bonds. The van der Waals surface area contributed by atoms with Crippen LogP contribution in [0, 0.1) is 17.8 Å². The lowest BCUT2D eigenvalue weighted by atomic mass is 9.82. The number of amides is 1. The number of carbonyl (C=O) groups is 1. The zero-order valence-corrected chi connectivity index (χ0v) is 16.3. The minimum absolute atomic E-state index is 0.208. The van der Waals surface area contributed by atoms with Gasteiger partial charge < -0.3 is 9.80 Å². The molecule has 0 aliphatic carbocycles. The van der Waals surface area contributed by atoms with Crippen LogP contribution < -0.4 is 0 Å². The molecule has 1 atom stereocenters. The van der Waals surface area contributed by atoms with Gasteiger partial charge in [0.1, 0.15) is 0 Å². The Morgan fingerprint density at radius 3 is 1.87 bits per heavy atom. The Balaban J connectivity index is 0.00000127. The zero-order chi connectivity index (χ0) is 17.2. The highest BCUT2D eigenvalue weighted by molar-refractivity contribution is 5.78. The number of likely N-dealkylation sites (tertiary alicyclic amines) is 2. The number of rotatable bonds is 5. The van der Waals surface area contributed by atoms with Gasteiger partial charge in [0.05, 0.1) is 0 Å². The Morgan fingerprint density at radius 1 is 0.957 bits per heavy atom. The maximum absolute atomic E-state index is 12.2. The summed E-state index contributed by atoms with van der Waals surface area (Å²) in [5.74, 6) is 2.39. The maximum Gasteiger partial charge on any atom is 0.225 e. The van der Waals surface area contributed by atoms with E-state index in [1.165, 1.54) is 51.7 Å². The van der Waals surface area contributed by atoms with Gasteiger partial charge in [0.15, 0.2) is 0 Å². The summed E-state index contributed by atoms with van der Waals surface area (Å²) in [6.07, 6.45) is 7.61. The van der Waals surface area contributed by atoms with E-state index in [0.717, 1.165) is 31.3 Å². The summed E-state index contributed by atoms with van der Waals surface area (Å²) < 4.78 is 0. The Morgan fingerprint density at radius 2 is 1.43 bits per heavy atom. The van der Waals surface area contributed by atoms with E-state index in [9.17, 15) is 4.79 Å². The zero-order valence-electron chi connectivity index (χ0n) is 16.3. The molecule has 2 saturated heterocycles. The van der Waals surface area contributed by atoms with Gasteiger partial charge in [-0.2, -0.15) is 0 Å². The fraction of sp³-hybridized carbons (Fsp3) is 0.950. The van der Waals surface area contributed by atoms with Gasteiger partial charge in [0.25, 0.3) is 0 Å². The summed E-state index contributed by atoms with van der Waals surface area (Å²) in [5, 5.41) is 0. The van der Waals surface area contributed by atoms with E-state index in [4.69, 9.17) is 0 Å². The predicted octanol–water partition coefficient (Wildman–Crippen LogP) is 4.42. The molecule has 1 unspecified atom stereocenters. The van der Waals surface area contributed by atoms with Gasteiger partial charge in [-0.1, -0.05) is 34.6 Å². The first kappa shape index (κ1) is 20.5. The van der Waals surface area contributed by atoms with E-state index < -0.39 is 0 Å². The molecule has 2 aliphatic rings. The Bertz CT molecular complexity index is 316. The van der Waals surface area contributed by atoms with Gasteiger partial charge in [-0.25, -0.2) is 0 Å². The molecule has 0 bridgehead atoms. The van der Waals surface area contributed by atoms with Gasteiger partial charge >= 0.3 is 0 Å². The third-order valence-corrected chi connectivity index (χ3v) is 5.78. The van der Waals surface area contributed by atoms with Gasteiger partial charge in [-0.05, 0) is 70.0 Å². The van der Waals surface area contributed by atoms with Crippen molar-refractivity contribution in [2.45, 2.75) is 73.1 Å². The van der Waals surface area contributed by atoms with E-state index in [-0.39, 0.29) is 5.92 Å². The van der Waals surface area contributed by atoms with E-state index in [1.807, 2.05) is 13.8 Å². The molecular weight excluding hydrogens is 284 g/mol. The number of nitrogens with zero attached hydrogens (tertiary/aromatic N) is 2. The smallest absolute Gasteiger partial charge is 0.225 e. The Hall–Kier alpha value is -0.570. The molecule has 0 aromatic carbocycles.